The van der Waals surface area contributed by atoms with Gasteiger partial charge in [0.25, 0.3) is 0 Å². The maximum atomic E-state index is 6.32. The second-order valence-corrected chi connectivity index (χ2v) is 4.50. The Bertz CT molecular complexity index is 481. The fourth-order valence-corrected chi connectivity index (χ4v) is 2.18. The highest BCUT2D eigenvalue weighted by Gasteiger charge is 2.14. The van der Waals surface area contributed by atoms with Crippen LogP contribution in [-0.4, -0.2) is 4.98 Å². The molecule has 16 heavy (non-hydrogen) atoms. The van der Waals surface area contributed by atoms with Gasteiger partial charge in [0, 0.05) is 18.0 Å². The van der Waals surface area contributed by atoms with E-state index in [9.17, 15) is 0 Å². The lowest BCUT2D eigenvalue weighted by Crippen LogP contribution is -1.97. The van der Waals surface area contributed by atoms with E-state index in [1.165, 1.54) is 0 Å². The molecule has 2 rings (SSSR count). The van der Waals surface area contributed by atoms with Gasteiger partial charge in [0.15, 0.2) is 0 Å². The topological polar surface area (TPSA) is 26.0 Å². The van der Waals surface area contributed by atoms with Crippen LogP contribution in [0.1, 0.15) is 22.3 Å². The van der Waals surface area contributed by atoms with E-state index in [0.29, 0.717) is 11.4 Å². The first-order valence-corrected chi connectivity index (χ1v) is 5.76. The van der Waals surface area contributed by atoms with Crippen LogP contribution in [-0.2, 0) is 6.42 Å². The Morgan fingerprint density at radius 2 is 2.25 bits per heavy atom. The molecule has 2 heterocycles. The van der Waals surface area contributed by atoms with Crippen molar-refractivity contribution in [1.82, 2.24) is 4.98 Å². The third-order valence-electron chi connectivity index (χ3n) is 2.49. The summed E-state index contributed by atoms with van der Waals surface area (Å²) >= 11 is 12.3. The molecule has 1 unspecified atom stereocenters. The number of hydrogen-bond acceptors (Lipinski definition) is 2. The lowest BCUT2D eigenvalue weighted by atomic mass is 10.1. The molecule has 0 spiro atoms. The number of aromatic nitrogens is 1. The Hall–Kier alpha value is -0.990. The van der Waals surface area contributed by atoms with E-state index in [4.69, 9.17) is 27.6 Å². The van der Waals surface area contributed by atoms with Crippen LogP contribution in [0.3, 0.4) is 0 Å². The average molecular weight is 256 g/mol. The number of aryl methyl sites for hydroxylation is 1. The van der Waals surface area contributed by atoms with Crippen LogP contribution in [0.15, 0.2) is 35.2 Å². The van der Waals surface area contributed by atoms with Crippen molar-refractivity contribution in [2.45, 2.75) is 18.7 Å². The molecule has 0 amide bonds. The summed E-state index contributed by atoms with van der Waals surface area (Å²) in [5.41, 5.74) is 2.01. The van der Waals surface area contributed by atoms with Gasteiger partial charge in [-0.3, -0.25) is 4.98 Å². The number of furan rings is 1. The van der Waals surface area contributed by atoms with Gasteiger partial charge in [-0.25, -0.2) is 0 Å². The molecule has 1 atom stereocenters. The lowest BCUT2D eigenvalue weighted by Gasteiger charge is -2.09. The van der Waals surface area contributed by atoms with Gasteiger partial charge < -0.3 is 4.42 Å². The predicted octanol–water partition coefficient (Wildman–Crippen LogP) is 4.16. The molecule has 84 valence electrons. The second-order valence-electron chi connectivity index (χ2n) is 3.57. The minimum Gasteiger partial charge on any atom is -0.469 e. The number of pyridine rings is 1. The van der Waals surface area contributed by atoms with Gasteiger partial charge in [0.05, 0.1) is 16.7 Å². The van der Waals surface area contributed by atoms with Crippen LogP contribution in [0, 0.1) is 6.92 Å². The SMILES string of the molecule is Cc1occc1C(Cl)Cc1ccncc1Cl. The smallest absolute Gasteiger partial charge is 0.105 e. The van der Waals surface area contributed by atoms with Gasteiger partial charge in [0.1, 0.15) is 5.76 Å². The van der Waals surface area contributed by atoms with Crippen molar-refractivity contribution in [3.63, 3.8) is 0 Å². The predicted molar refractivity (Wildman–Crippen MR) is 65.0 cm³/mol. The fraction of sp³-hybridized carbons (Fsp3) is 0.250. The maximum absolute atomic E-state index is 6.32. The van der Waals surface area contributed by atoms with Crippen molar-refractivity contribution in [2.75, 3.05) is 0 Å². The number of rotatable bonds is 3. The molecule has 2 nitrogen and oxygen atoms in total. The summed E-state index contributed by atoms with van der Waals surface area (Å²) in [4.78, 5) is 3.94. The first-order valence-electron chi connectivity index (χ1n) is 4.95. The number of nitrogens with zero attached hydrogens (tertiary/aromatic N) is 1. The Morgan fingerprint density at radius 3 is 2.88 bits per heavy atom. The van der Waals surface area contributed by atoms with Crippen molar-refractivity contribution in [1.29, 1.82) is 0 Å². The molecule has 2 aromatic heterocycles. The second kappa shape index (κ2) is 4.89. The molecule has 0 fully saturated rings. The van der Waals surface area contributed by atoms with Crippen LogP contribution in [0.5, 0.6) is 0 Å². The molecule has 4 heteroatoms. The lowest BCUT2D eigenvalue weighted by molar-refractivity contribution is 0.529. The van der Waals surface area contributed by atoms with Crippen molar-refractivity contribution < 1.29 is 4.42 Å². The van der Waals surface area contributed by atoms with Gasteiger partial charge in [-0.15, -0.1) is 11.6 Å². The highest BCUT2D eigenvalue weighted by atomic mass is 35.5. The van der Waals surface area contributed by atoms with Crippen LogP contribution in [0.4, 0.5) is 0 Å². The first kappa shape index (κ1) is 11.5. The molecule has 2 aromatic rings. The maximum Gasteiger partial charge on any atom is 0.105 e. The van der Waals surface area contributed by atoms with Crippen LogP contribution in [0.25, 0.3) is 0 Å². The Labute approximate surface area is 104 Å². The van der Waals surface area contributed by atoms with E-state index in [1.807, 2.05) is 19.1 Å². The highest BCUT2D eigenvalue weighted by Crippen LogP contribution is 2.30. The summed E-state index contributed by atoms with van der Waals surface area (Å²) in [6.07, 6.45) is 5.66. The molecule has 0 aliphatic heterocycles. The molecule has 0 bridgehead atoms. The third-order valence-corrected chi connectivity index (χ3v) is 3.22. The highest BCUT2D eigenvalue weighted by molar-refractivity contribution is 6.31. The summed E-state index contributed by atoms with van der Waals surface area (Å²) in [6, 6.07) is 3.77. The summed E-state index contributed by atoms with van der Waals surface area (Å²) in [5.74, 6) is 0.852. The number of alkyl halides is 1. The zero-order chi connectivity index (χ0) is 11.5. The van der Waals surface area contributed by atoms with E-state index >= 15 is 0 Å². The van der Waals surface area contributed by atoms with Gasteiger partial charge in [-0.1, -0.05) is 11.6 Å². The molecule has 0 N–H and O–H groups in total. The zero-order valence-electron chi connectivity index (χ0n) is 8.78. The largest absolute Gasteiger partial charge is 0.469 e. The van der Waals surface area contributed by atoms with E-state index in [1.54, 1.807) is 18.7 Å². The molecule has 0 aliphatic rings. The summed E-state index contributed by atoms with van der Waals surface area (Å²) < 4.78 is 5.22. The van der Waals surface area contributed by atoms with Crippen molar-refractivity contribution in [3.05, 3.63) is 52.7 Å². The monoisotopic (exact) mass is 255 g/mol. The van der Waals surface area contributed by atoms with Crippen LogP contribution >= 0.6 is 23.2 Å². The van der Waals surface area contributed by atoms with Crippen LogP contribution in [0.2, 0.25) is 5.02 Å². The van der Waals surface area contributed by atoms with E-state index < -0.39 is 0 Å². The normalized spacial score (nSPS) is 12.7. The zero-order valence-corrected chi connectivity index (χ0v) is 10.3. The minimum atomic E-state index is -0.126. The molecule has 0 aliphatic carbocycles. The summed E-state index contributed by atoms with van der Waals surface area (Å²) in [7, 11) is 0. The third kappa shape index (κ3) is 2.39. The van der Waals surface area contributed by atoms with Gasteiger partial charge in [-0.05, 0) is 31.0 Å². The van der Waals surface area contributed by atoms with E-state index in [-0.39, 0.29) is 5.38 Å². The number of halogens is 2. The van der Waals surface area contributed by atoms with Crippen molar-refractivity contribution >= 4 is 23.2 Å². The van der Waals surface area contributed by atoms with Crippen LogP contribution < -0.4 is 0 Å². The average Bonchev–Trinajstić information content (AvgIpc) is 2.68. The quantitative estimate of drug-likeness (QED) is 0.770. The van der Waals surface area contributed by atoms with Gasteiger partial charge in [0.2, 0.25) is 0 Å². The Balaban J connectivity index is 2.17. The number of hydrogen-bond donors (Lipinski definition) is 0. The molecule has 0 aromatic carbocycles. The summed E-state index contributed by atoms with van der Waals surface area (Å²) in [5, 5.41) is 0.521. The first-order chi connectivity index (χ1) is 7.68. The molecule has 0 saturated heterocycles. The standard InChI is InChI=1S/C12H11Cl2NO/c1-8-10(3-5-16-8)11(13)6-9-2-4-15-7-12(9)14/h2-5,7,11H,6H2,1H3. The molecule has 0 radical (unpaired) electrons. The summed E-state index contributed by atoms with van der Waals surface area (Å²) in [6.45, 7) is 1.90. The van der Waals surface area contributed by atoms with Gasteiger partial charge in [-0.2, -0.15) is 0 Å². The molecular formula is C12H11Cl2NO. The van der Waals surface area contributed by atoms with E-state index in [2.05, 4.69) is 4.98 Å². The minimum absolute atomic E-state index is 0.126. The van der Waals surface area contributed by atoms with E-state index in [0.717, 1.165) is 16.9 Å². The fourth-order valence-electron chi connectivity index (χ4n) is 1.59. The van der Waals surface area contributed by atoms with Crippen molar-refractivity contribution in [3.8, 4) is 0 Å². The molecule has 0 saturated carbocycles. The molecular weight excluding hydrogens is 245 g/mol. The Morgan fingerprint density at radius 1 is 1.44 bits per heavy atom. The van der Waals surface area contributed by atoms with Crippen molar-refractivity contribution in [2.24, 2.45) is 0 Å². The van der Waals surface area contributed by atoms with Gasteiger partial charge >= 0.3 is 0 Å². The Kier molecular flexibility index (Phi) is 3.52.